The summed E-state index contributed by atoms with van der Waals surface area (Å²) in [6.07, 6.45) is 5.67. The Morgan fingerprint density at radius 2 is 1.89 bits per heavy atom. The van der Waals surface area contributed by atoms with Gasteiger partial charge in [0.15, 0.2) is 0 Å². The minimum atomic E-state index is 0.435. The van der Waals surface area contributed by atoms with Gasteiger partial charge in [0.1, 0.15) is 0 Å². The number of hydrogen-bond acceptors (Lipinski definition) is 1. The fraction of sp³-hybridized carbons (Fsp3) is 0.444. The highest BCUT2D eigenvalue weighted by atomic mass is 14.9. The van der Waals surface area contributed by atoms with Crippen LogP contribution in [-0.2, 0) is 0 Å². The van der Waals surface area contributed by atoms with Crippen molar-refractivity contribution in [1.29, 1.82) is 0 Å². The summed E-state index contributed by atoms with van der Waals surface area (Å²) in [5, 5.41) is 6.40. The van der Waals surface area contributed by atoms with Crippen LogP contribution >= 0.6 is 0 Å². The quantitative estimate of drug-likeness (QED) is 0.737. The Morgan fingerprint density at radius 1 is 1.11 bits per heavy atom. The number of hydrogen-bond donors (Lipinski definition) is 1. The molecule has 1 nitrogen and oxygen atoms in total. The summed E-state index contributed by atoms with van der Waals surface area (Å²) in [5.41, 5.74) is 1.42. The summed E-state index contributed by atoms with van der Waals surface area (Å²) < 4.78 is 0. The van der Waals surface area contributed by atoms with Gasteiger partial charge in [0.05, 0.1) is 0 Å². The first-order chi connectivity index (χ1) is 9.34. The lowest BCUT2D eigenvalue weighted by Gasteiger charge is -2.16. The Hall–Kier alpha value is -1.34. The summed E-state index contributed by atoms with van der Waals surface area (Å²) in [6, 6.07) is 15.7. The van der Waals surface area contributed by atoms with Gasteiger partial charge in [0, 0.05) is 6.04 Å². The summed E-state index contributed by atoms with van der Waals surface area (Å²) in [6.45, 7) is 3.42. The van der Waals surface area contributed by atoms with Gasteiger partial charge in [-0.3, -0.25) is 0 Å². The van der Waals surface area contributed by atoms with E-state index in [0.717, 1.165) is 12.5 Å². The van der Waals surface area contributed by atoms with Crippen molar-refractivity contribution in [3.05, 3.63) is 48.0 Å². The average molecular weight is 253 g/mol. The van der Waals surface area contributed by atoms with Crippen molar-refractivity contribution in [3.8, 4) is 0 Å². The molecule has 0 aromatic heterocycles. The van der Waals surface area contributed by atoms with Crippen LogP contribution in [0.3, 0.4) is 0 Å². The predicted octanol–water partition coefficient (Wildman–Crippen LogP) is 4.68. The van der Waals surface area contributed by atoms with E-state index in [-0.39, 0.29) is 0 Å². The first-order valence-corrected chi connectivity index (χ1v) is 7.55. The Bertz CT molecular complexity index is 537. The van der Waals surface area contributed by atoms with Gasteiger partial charge in [-0.1, -0.05) is 55.3 Å². The first kappa shape index (κ1) is 12.7. The van der Waals surface area contributed by atoms with Crippen LogP contribution in [0.5, 0.6) is 0 Å². The molecule has 0 aliphatic heterocycles. The zero-order chi connectivity index (χ0) is 13.1. The lowest BCUT2D eigenvalue weighted by atomic mass is 9.99. The van der Waals surface area contributed by atoms with Gasteiger partial charge in [-0.2, -0.15) is 0 Å². The molecule has 0 saturated heterocycles. The van der Waals surface area contributed by atoms with E-state index in [1.165, 1.54) is 42.0 Å². The monoisotopic (exact) mass is 253 g/mol. The smallest absolute Gasteiger partial charge is 0.0297 e. The molecule has 1 unspecified atom stereocenters. The number of fused-ring (bicyclic) bond motifs is 1. The van der Waals surface area contributed by atoms with E-state index in [0.29, 0.717) is 6.04 Å². The van der Waals surface area contributed by atoms with Crippen molar-refractivity contribution >= 4 is 10.8 Å². The largest absolute Gasteiger partial charge is 0.310 e. The minimum absolute atomic E-state index is 0.435. The fourth-order valence-corrected chi connectivity index (χ4v) is 2.85. The van der Waals surface area contributed by atoms with E-state index in [1.807, 2.05) is 0 Å². The molecule has 2 aromatic rings. The first-order valence-electron chi connectivity index (χ1n) is 7.55. The second-order valence-corrected chi connectivity index (χ2v) is 5.83. The van der Waals surface area contributed by atoms with Gasteiger partial charge in [-0.05, 0) is 48.6 Å². The lowest BCUT2D eigenvalue weighted by Crippen LogP contribution is -2.20. The third kappa shape index (κ3) is 3.16. The van der Waals surface area contributed by atoms with E-state index < -0.39 is 0 Å². The molecule has 0 heterocycles. The van der Waals surface area contributed by atoms with Gasteiger partial charge < -0.3 is 5.32 Å². The second-order valence-electron chi connectivity index (χ2n) is 5.83. The second kappa shape index (κ2) is 5.75. The molecule has 0 amide bonds. The van der Waals surface area contributed by atoms with Gasteiger partial charge in [0.2, 0.25) is 0 Å². The van der Waals surface area contributed by atoms with E-state index in [2.05, 4.69) is 54.7 Å². The van der Waals surface area contributed by atoms with Crippen molar-refractivity contribution in [2.75, 3.05) is 6.54 Å². The van der Waals surface area contributed by atoms with Crippen LogP contribution < -0.4 is 5.32 Å². The molecule has 3 rings (SSSR count). The summed E-state index contributed by atoms with van der Waals surface area (Å²) in [4.78, 5) is 0. The lowest BCUT2D eigenvalue weighted by molar-refractivity contribution is 0.535. The maximum absolute atomic E-state index is 3.67. The van der Waals surface area contributed by atoms with Crippen LogP contribution in [-0.4, -0.2) is 6.54 Å². The highest BCUT2D eigenvalue weighted by Gasteiger charge is 2.20. The van der Waals surface area contributed by atoms with E-state index >= 15 is 0 Å². The van der Waals surface area contributed by atoms with Crippen molar-refractivity contribution in [2.24, 2.45) is 5.92 Å². The standard InChI is InChI=1S/C18H23N/c1-14(19-13-5-6-15-11-12-15)17-10-4-8-16-7-2-3-9-18(16)17/h2-4,7-10,14-15,19H,5-6,11-13H2,1H3. The van der Waals surface area contributed by atoms with Crippen LogP contribution in [0.1, 0.15) is 44.2 Å². The van der Waals surface area contributed by atoms with Gasteiger partial charge in [0.25, 0.3) is 0 Å². The van der Waals surface area contributed by atoms with Crippen LogP contribution in [0.4, 0.5) is 0 Å². The van der Waals surface area contributed by atoms with Crippen LogP contribution in [0.2, 0.25) is 0 Å². The zero-order valence-corrected chi connectivity index (χ0v) is 11.7. The molecule has 1 fully saturated rings. The fourth-order valence-electron chi connectivity index (χ4n) is 2.85. The predicted molar refractivity (Wildman–Crippen MR) is 82.3 cm³/mol. The van der Waals surface area contributed by atoms with Gasteiger partial charge in [-0.25, -0.2) is 0 Å². The Labute approximate surface area is 116 Å². The van der Waals surface area contributed by atoms with E-state index in [4.69, 9.17) is 0 Å². The molecular formula is C18H23N. The molecule has 1 saturated carbocycles. The topological polar surface area (TPSA) is 12.0 Å². The molecule has 1 aliphatic carbocycles. The zero-order valence-electron chi connectivity index (χ0n) is 11.7. The number of nitrogens with one attached hydrogen (secondary N) is 1. The number of benzene rings is 2. The number of rotatable bonds is 6. The molecule has 1 N–H and O–H groups in total. The molecule has 1 atom stereocenters. The van der Waals surface area contributed by atoms with Crippen LogP contribution in [0.15, 0.2) is 42.5 Å². The van der Waals surface area contributed by atoms with E-state index in [1.54, 1.807) is 0 Å². The van der Waals surface area contributed by atoms with Crippen LogP contribution in [0, 0.1) is 5.92 Å². The maximum Gasteiger partial charge on any atom is 0.0297 e. The molecule has 1 aliphatic rings. The molecule has 100 valence electrons. The molecule has 2 aromatic carbocycles. The average Bonchev–Trinajstić information content (AvgIpc) is 3.27. The summed E-state index contributed by atoms with van der Waals surface area (Å²) >= 11 is 0. The Morgan fingerprint density at radius 3 is 2.74 bits per heavy atom. The molecule has 0 bridgehead atoms. The molecule has 19 heavy (non-hydrogen) atoms. The highest BCUT2D eigenvalue weighted by Crippen LogP contribution is 2.33. The molecule has 0 radical (unpaired) electrons. The third-order valence-corrected chi connectivity index (χ3v) is 4.23. The van der Waals surface area contributed by atoms with E-state index in [9.17, 15) is 0 Å². The Balaban J connectivity index is 1.64. The SMILES string of the molecule is CC(NCCCC1CC1)c1cccc2ccccc12. The van der Waals surface area contributed by atoms with Crippen molar-refractivity contribution < 1.29 is 0 Å². The third-order valence-electron chi connectivity index (χ3n) is 4.23. The maximum atomic E-state index is 3.67. The summed E-state index contributed by atoms with van der Waals surface area (Å²) in [5.74, 6) is 1.05. The van der Waals surface area contributed by atoms with Crippen molar-refractivity contribution in [3.63, 3.8) is 0 Å². The Kier molecular flexibility index (Phi) is 3.84. The minimum Gasteiger partial charge on any atom is -0.310 e. The molecule has 1 heteroatoms. The molecule has 0 spiro atoms. The van der Waals surface area contributed by atoms with Gasteiger partial charge in [-0.15, -0.1) is 0 Å². The molecular weight excluding hydrogens is 230 g/mol. The highest BCUT2D eigenvalue weighted by molar-refractivity contribution is 5.86. The van der Waals surface area contributed by atoms with Crippen LogP contribution in [0.25, 0.3) is 10.8 Å². The van der Waals surface area contributed by atoms with Gasteiger partial charge >= 0.3 is 0 Å². The normalized spacial score (nSPS) is 16.7. The van der Waals surface area contributed by atoms with Crippen molar-refractivity contribution in [2.45, 2.75) is 38.6 Å². The van der Waals surface area contributed by atoms with Crippen molar-refractivity contribution in [1.82, 2.24) is 5.32 Å². The summed E-state index contributed by atoms with van der Waals surface area (Å²) in [7, 11) is 0.